The Labute approximate surface area is 125 Å². The molecule has 0 aliphatic rings. The monoisotopic (exact) mass is 306 g/mol. The molecule has 0 amide bonds. The number of aromatic nitrogens is 1. The minimum absolute atomic E-state index is 0.0734. The van der Waals surface area contributed by atoms with Crippen LogP contribution in [0.15, 0.2) is 36.5 Å². The molecule has 1 heterocycles. The zero-order valence-corrected chi connectivity index (χ0v) is 11.5. The number of hydrogen-bond donors (Lipinski definition) is 2. The van der Waals surface area contributed by atoms with E-state index in [9.17, 15) is 10.1 Å². The molecule has 0 aliphatic heterocycles. The summed E-state index contributed by atoms with van der Waals surface area (Å²) in [6, 6.07) is 7.34. The van der Waals surface area contributed by atoms with Crippen molar-refractivity contribution >= 4 is 23.1 Å². The minimum atomic E-state index is -0.542. The second-order valence-corrected chi connectivity index (χ2v) is 4.56. The molecular weight excluding hydrogens is 296 g/mol. The van der Waals surface area contributed by atoms with E-state index in [0.29, 0.717) is 16.3 Å². The maximum atomic E-state index is 10.9. The van der Waals surface area contributed by atoms with Gasteiger partial charge in [0, 0.05) is 23.4 Å². The fraction of sp³-hybridized carbons (Fsp3) is 0.0769. The molecule has 3 N–H and O–H groups in total. The standard InChI is InChI=1S/C13H11ClN4O3/c14-9-1-2-11(18(19)20)12(6-9)21-7-8-3-4-17-10(5-8)13(15)16/h1-6H,7H2,(H3,15,16). The van der Waals surface area contributed by atoms with Gasteiger partial charge in [0.05, 0.1) is 4.92 Å². The summed E-state index contributed by atoms with van der Waals surface area (Å²) in [5.74, 6) is -0.0840. The zero-order valence-electron chi connectivity index (χ0n) is 10.7. The average molecular weight is 307 g/mol. The summed E-state index contributed by atoms with van der Waals surface area (Å²) >= 11 is 5.81. The third-order valence-corrected chi connectivity index (χ3v) is 2.85. The van der Waals surface area contributed by atoms with Gasteiger partial charge in [-0.25, -0.2) is 0 Å². The number of nitrogens with zero attached hydrogens (tertiary/aromatic N) is 2. The number of nitrogens with two attached hydrogens (primary N) is 1. The number of amidine groups is 1. The van der Waals surface area contributed by atoms with Crippen molar-refractivity contribution in [3.8, 4) is 5.75 Å². The summed E-state index contributed by atoms with van der Waals surface area (Å²) < 4.78 is 5.43. The van der Waals surface area contributed by atoms with Gasteiger partial charge >= 0.3 is 5.69 Å². The molecule has 0 spiro atoms. The average Bonchev–Trinajstić information content (AvgIpc) is 2.45. The highest BCUT2D eigenvalue weighted by atomic mass is 35.5. The first-order chi connectivity index (χ1) is 9.97. The molecule has 1 aromatic carbocycles. The summed E-state index contributed by atoms with van der Waals surface area (Å²) in [5.41, 5.74) is 6.18. The van der Waals surface area contributed by atoms with E-state index in [0.717, 1.165) is 0 Å². The first kappa shape index (κ1) is 14.7. The maximum Gasteiger partial charge on any atom is 0.311 e. The van der Waals surface area contributed by atoms with Gasteiger partial charge in [0.1, 0.15) is 18.1 Å². The van der Waals surface area contributed by atoms with E-state index in [-0.39, 0.29) is 23.9 Å². The Morgan fingerprint density at radius 3 is 2.86 bits per heavy atom. The number of nitro groups is 1. The van der Waals surface area contributed by atoms with Crippen molar-refractivity contribution in [2.75, 3.05) is 0 Å². The Morgan fingerprint density at radius 1 is 1.43 bits per heavy atom. The predicted octanol–water partition coefficient (Wildman–Crippen LogP) is 2.51. The molecule has 1 aromatic heterocycles. The molecule has 0 aliphatic carbocycles. The number of nitrogen functional groups attached to an aromatic ring is 1. The molecule has 7 nitrogen and oxygen atoms in total. The second kappa shape index (κ2) is 6.19. The lowest BCUT2D eigenvalue weighted by atomic mass is 10.2. The lowest BCUT2D eigenvalue weighted by molar-refractivity contribution is -0.385. The van der Waals surface area contributed by atoms with E-state index in [1.54, 1.807) is 12.1 Å². The minimum Gasteiger partial charge on any atom is -0.482 e. The summed E-state index contributed by atoms with van der Waals surface area (Å²) in [5, 5.41) is 18.6. The topological polar surface area (TPSA) is 115 Å². The Bertz CT molecular complexity index is 706. The van der Waals surface area contributed by atoms with E-state index in [1.165, 1.54) is 24.4 Å². The van der Waals surface area contributed by atoms with Crippen molar-refractivity contribution in [1.82, 2.24) is 4.98 Å². The molecule has 2 rings (SSSR count). The molecule has 0 saturated carbocycles. The van der Waals surface area contributed by atoms with Crippen LogP contribution in [0.25, 0.3) is 0 Å². The van der Waals surface area contributed by atoms with Gasteiger partial charge in [0.25, 0.3) is 0 Å². The van der Waals surface area contributed by atoms with Crippen LogP contribution in [0.1, 0.15) is 11.3 Å². The van der Waals surface area contributed by atoms with Gasteiger partial charge in [-0.15, -0.1) is 0 Å². The number of pyridine rings is 1. The molecule has 108 valence electrons. The normalized spacial score (nSPS) is 10.1. The van der Waals surface area contributed by atoms with Crippen molar-refractivity contribution in [3.05, 3.63) is 62.9 Å². The number of hydrogen-bond acceptors (Lipinski definition) is 5. The van der Waals surface area contributed by atoms with Crippen LogP contribution in [-0.4, -0.2) is 15.7 Å². The van der Waals surface area contributed by atoms with Crippen molar-refractivity contribution in [1.29, 1.82) is 5.41 Å². The van der Waals surface area contributed by atoms with E-state index >= 15 is 0 Å². The molecule has 0 bridgehead atoms. The van der Waals surface area contributed by atoms with E-state index in [2.05, 4.69) is 4.98 Å². The molecule has 0 fully saturated rings. The van der Waals surface area contributed by atoms with Crippen molar-refractivity contribution in [3.63, 3.8) is 0 Å². The zero-order chi connectivity index (χ0) is 15.4. The van der Waals surface area contributed by atoms with Gasteiger partial charge in [-0.2, -0.15) is 0 Å². The van der Waals surface area contributed by atoms with Crippen molar-refractivity contribution in [2.45, 2.75) is 6.61 Å². The Kier molecular flexibility index (Phi) is 4.34. The molecule has 0 unspecified atom stereocenters. The number of halogens is 1. The van der Waals surface area contributed by atoms with Crippen LogP contribution in [0.4, 0.5) is 5.69 Å². The predicted molar refractivity (Wildman–Crippen MR) is 77.7 cm³/mol. The molecule has 8 heteroatoms. The van der Waals surface area contributed by atoms with Crippen LogP contribution in [0, 0.1) is 15.5 Å². The SMILES string of the molecule is N=C(N)c1cc(COc2cc(Cl)ccc2[N+](=O)[O-])ccn1. The van der Waals surface area contributed by atoms with Crippen molar-refractivity contribution in [2.24, 2.45) is 5.73 Å². The third kappa shape index (κ3) is 3.67. The molecule has 2 aromatic rings. The summed E-state index contributed by atoms with van der Waals surface area (Å²) in [6.45, 7) is 0.0734. The van der Waals surface area contributed by atoms with Crippen LogP contribution >= 0.6 is 11.6 Å². The summed E-state index contributed by atoms with van der Waals surface area (Å²) in [4.78, 5) is 14.3. The smallest absolute Gasteiger partial charge is 0.311 e. The van der Waals surface area contributed by atoms with Gasteiger partial charge in [-0.05, 0) is 23.8 Å². The van der Waals surface area contributed by atoms with Crippen LogP contribution in [0.3, 0.4) is 0 Å². The molecule has 21 heavy (non-hydrogen) atoms. The number of rotatable bonds is 5. The van der Waals surface area contributed by atoms with Crippen molar-refractivity contribution < 1.29 is 9.66 Å². The number of benzene rings is 1. The molecule has 0 radical (unpaired) electrons. The number of ether oxygens (including phenoxy) is 1. The van der Waals surface area contributed by atoms with Crippen LogP contribution in [-0.2, 0) is 6.61 Å². The number of nitrogens with one attached hydrogen (secondary N) is 1. The van der Waals surface area contributed by atoms with Crippen LogP contribution in [0.5, 0.6) is 5.75 Å². The number of nitro benzene ring substituents is 1. The van der Waals surface area contributed by atoms with E-state index in [4.69, 9.17) is 27.5 Å². The van der Waals surface area contributed by atoms with E-state index in [1.807, 2.05) is 0 Å². The van der Waals surface area contributed by atoms with Crippen LogP contribution in [0.2, 0.25) is 5.02 Å². The Hall–Kier alpha value is -2.67. The van der Waals surface area contributed by atoms with Gasteiger partial charge in [0.2, 0.25) is 0 Å². The molecule has 0 atom stereocenters. The third-order valence-electron chi connectivity index (χ3n) is 2.61. The van der Waals surface area contributed by atoms with Gasteiger partial charge in [-0.3, -0.25) is 20.5 Å². The fourth-order valence-electron chi connectivity index (χ4n) is 1.63. The maximum absolute atomic E-state index is 10.9. The largest absolute Gasteiger partial charge is 0.482 e. The van der Waals surface area contributed by atoms with Gasteiger partial charge in [0.15, 0.2) is 5.75 Å². The fourth-order valence-corrected chi connectivity index (χ4v) is 1.79. The van der Waals surface area contributed by atoms with Crippen LogP contribution < -0.4 is 10.5 Å². The second-order valence-electron chi connectivity index (χ2n) is 4.12. The quantitative estimate of drug-likeness (QED) is 0.381. The van der Waals surface area contributed by atoms with Gasteiger partial charge < -0.3 is 10.5 Å². The highest BCUT2D eigenvalue weighted by Crippen LogP contribution is 2.30. The highest BCUT2D eigenvalue weighted by molar-refractivity contribution is 6.30. The summed E-state index contributed by atoms with van der Waals surface area (Å²) in [6.07, 6.45) is 1.49. The summed E-state index contributed by atoms with van der Waals surface area (Å²) in [7, 11) is 0. The Morgan fingerprint density at radius 2 is 2.19 bits per heavy atom. The molecule has 0 saturated heterocycles. The highest BCUT2D eigenvalue weighted by Gasteiger charge is 2.15. The lowest BCUT2D eigenvalue weighted by Crippen LogP contribution is -2.13. The van der Waals surface area contributed by atoms with E-state index < -0.39 is 4.92 Å². The van der Waals surface area contributed by atoms with Gasteiger partial charge in [-0.1, -0.05) is 11.6 Å². The first-order valence-electron chi connectivity index (χ1n) is 5.83. The first-order valence-corrected chi connectivity index (χ1v) is 6.21. The Balaban J connectivity index is 2.20. The lowest BCUT2D eigenvalue weighted by Gasteiger charge is -2.08. The molecular formula is C13H11ClN4O3.